The van der Waals surface area contributed by atoms with E-state index in [1.54, 1.807) is 7.11 Å². The van der Waals surface area contributed by atoms with Gasteiger partial charge in [-0.15, -0.1) is 11.3 Å². The lowest BCUT2D eigenvalue weighted by atomic mass is 10.2. The number of hydrogen-bond acceptors (Lipinski definition) is 3. The van der Waals surface area contributed by atoms with Crippen LogP contribution in [0.5, 0.6) is 5.75 Å². The average molecular weight is 214 g/mol. The minimum absolute atomic E-state index is 0.643. The van der Waals surface area contributed by atoms with Crippen LogP contribution >= 0.6 is 22.9 Å². The number of methoxy groups -OCH3 is 1. The molecule has 2 N–H and O–H groups in total. The highest BCUT2D eigenvalue weighted by Crippen LogP contribution is 2.38. The minimum Gasteiger partial charge on any atom is -0.494 e. The summed E-state index contributed by atoms with van der Waals surface area (Å²) in [4.78, 5) is 0. The first kappa shape index (κ1) is 8.66. The van der Waals surface area contributed by atoms with E-state index in [0.717, 1.165) is 14.4 Å². The van der Waals surface area contributed by atoms with Crippen molar-refractivity contribution in [2.75, 3.05) is 12.8 Å². The molecule has 0 fully saturated rings. The fraction of sp³-hybridized carbons (Fsp3) is 0.111. The molecule has 0 aliphatic rings. The van der Waals surface area contributed by atoms with Crippen molar-refractivity contribution in [3.63, 3.8) is 0 Å². The number of nitrogens with two attached hydrogens (primary N) is 1. The van der Waals surface area contributed by atoms with Gasteiger partial charge in [-0.3, -0.25) is 0 Å². The van der Waals surface area contributed by atoms with Crippen molar-refractivity contribution in [2.45, 2.75) is 0 Å². The fourth-order valence-electron chi connectivity index (χ4n) is 1.30. The Morgan fingerprint density at radius 2 is 2.23 bits per heavy atom. The molecular formula is C9H8ClNOS. The van der Waals surface area contributed by atoms with Crippen molar-refractivity contribution in [1.82, 2.24) is 0 Å². The van der Waals surface area contributed by atoms with E-state index < -0.39 is 0 Å². The quantitative estimate of drug-likeness (QED) is 0.739. The molecule has 2 aromatic rings. The van der Waals surface area contributed by atoms with Gasteiger partial charge in [0.15, 0.2) is 0 Å². The Bertz CT molecular complexity index is 452. The molecule has 0 unspecified atom stereocenters. The monoisotopic (exact) mass is 213 g/mol. The summed E-state index contributed by atoms with van der Waals surface area (Å²) in [5.74, 6) is 0.709. The molecule has 1 aromatic heterocycles. The van der Waals surface area contributed by atoms with Crippen LogP contribution in [0.25, 0.3) is 10.1 Å². The van der Waals surface area contributed by atoms with Gasteiger partial charge in [-0.25, -0.2) is 0 Å². The zero-order valence-corrected chi connectivity index (χ0v) is 8.58. The van der Waals surface area contributed by atoms with Crippen LogP contribution < -0.4 is 10.5 Å². The van der Waals surface area contributed by atoms with Crippen LogP contribution in [0, 0.1) is 0 Å². The highest BCUT2D eigenvalue weighted by Gasteiger charge is 2.08. The van der Waals surface area contributed by atoms with E-state index in [2.05, 4.69) is 0 Å². The molecule has 0 bridgehead atoms. The zero-order valence-electron chi connectivity index (χ0n) is 7.00. The number of nitrogen functional groups attached to an aromatic ring is 1. The second-order valence-corrected chi connectivity index (χ2v) is 4.37. The molecule has 68 valence electrons. The first-order valence-corrected chi connectivity index (χ1v) is 4.93. The van der Waals surface area contributed by atoms with Gasteiger partial charge in [-0.05, 0) is 18.2 Å². The summed E-state index contributed by atoms with van der Waals surface area (Å²) in [6.07, 6.45) is 0. The molecule has 0 spiro atoms. The molecule has 1 aromatic carbocycles. The number of benzene rings is 1. The summed E-state index contributed by atoms with van der Waals surface area (Å²) in [6.45, 7) is 0. The molecule has 0 aliphatic heterocycles. The topological polar surface area (TPSA) is 35.2 Å². The van der Waals surface area contributed by atoms with Crippen LogP contribution in [-0.4, -0.2) is 7.11 Å². The van der Waals surface area contributed by atoms with Crippen LogP contribution in [-0.2, 0) is 0 Å². The lowest BCUT2D eigenvalue weighted by Gasteiger charge is -2.04. The van der Waals surface area contributed by atoms with Gasteiger partial charge in [0.25, 0.3) is 0 Å². The molecule has 2 nitrogen and oxygen atoms in total. The molecule has 0 saturated heterocycles. The maximum Gasteiger partial charge on any atom is 0.150 e. The van der Waals surface area contributed by atoms with E-state index in [0.29, 0.717) is 11.4 Å². The number of fused-ring (bicyclic) bond motifs is 1. The summed E-state index contributed by atoms with van der Waals surface area (Å²) in [6, 6.07) is 5.65. The van der Waals surface area contributed by atoms with Gasteiger partial charge in [0.2, 0.25) is 0 Å². The van der Waals surface area contributed by atoms with E-state index in [4.69, 9.17) is 22.1 Å². The number of anilines is 1. The summed E-state index contributed by atoms with van der Waals surface area (Å²) >= 11 is 7.41. The van der Waals surface area contributed by atoms with Gasteiger partial charge < -0.3 is 10.5 Å². The lowest BCUT2D eigenvalue weighted by molar-refractivity contribution is 0.422. The number of rotatable bonds is 1. The van der Waals surface area contributed by atoms with E-state index in [9.17, 15) is 0 Å². The summed E-state index contributed by atoms with van der Waals surface area (Å²) < 4.78 is 7.04. The zero-order chi connectivity index (χ0) is 9.42. The Balaban J connectivity index is 2.82. The Morgan fingerprint density at radius 1 is 1.46 bits per heavy atom. The fourth-order valence-corrected chi connectivity index (χ4v) is 2.44. The molecule has 4 heteroatoms. The van der Waals surface area contributed by atoms with Crippen LogP contribution in [0.3, 0.4) is 0 Å². The van der Waals surface area contributed by atoms with Gasteiger partial charge in [0, 0.05) is 10.1 Å². The molecule has 0 saturated carbocycles. The summed E-state index contributed by atoms with van der Waals surface area (Å²) in [5.41, 5.74) is 6.39. The molecule has 0 atom stereocenters. The minimum atomic E-state index is 0.643. The first-order valence-electron chi connectivity index (χ1n) is 3.74. The van der Waals surface area contributed by atoms with E-state index in [-0.39, 0.29) is 0 Å². The van der Waals surface area contributed by atoms with Gasteiger partial charge in [0.05, 0.1) is 17.1 Å². The van der Waals surface area contributed by atoms with Gasteiger partial charge in [0.1, 0.15) is 5.75 Å². The molecule has 0 aliphatic carbocycles. The molecular weight excluding hydrogens is 206 g/mol. The van der Waals surface area contributed by atoms with Crippen LogP contribution in [0.2, 0.25) is 4.34 Å². The normalized spacial score (nSPS) is 10.6. The third-order valence-electron chi connectivity index (χ3n) is 1.86. The second kappa shape index (κ2) is 3.09. The van der Waals surface area contributed by atoms with Crippen LogP contribution in [0.15, 0.2) is 18.2 Å². The Kier molecular flexibility index (Phi) is 2.06. The van der Waals surface area contributed by atoms with Crippen molar-refractivity contribution in [3.8, 4) is 5.75 Å². The SMILES string of the molecule is COc1c(N)ccc2sc(Cl)cc12. The summed E-state index contributed by atoms with van der Waals surface area (Å²) in [7, 11) is 1.61. The van der Waals surface area contributed by atoms with E-state index in [1.807, 2.05) is 18.2 Å². The molecule has 0 radical (unpaired) electrons. The van der Waals surface area contributed by atoms with E-state index in [1.165, 1.54) is 11.3 Å². The molecule has 1 heterocycles. The highest BCUT2D eigenvalue weighted by molar-refractivity contribution is 7.22. The predicted molar refractivity (Wildman–Crippen MR) is 57.8 cm³/mol. The van der Waals surface area contributed by atoms with Gasteiger partial charge in [-0.2, -0.15) is 0 Å². The maximum absolute atomic E-state index is 5.89. The van der Waals surface area contributed by atoms with Crippen molar-refractivity contribution in [2.24, 2.45) is 0 Å². The van der Waals surface area contributed by atoms with E-state index >= 15 is 0 Å². The Hall–Kier alpha value is -0.930. The van der Waals surface area contributed by atoms with Crippen LogP contribution in [0.4, 0.5) is 5.69 Å². The maximum atomic E-state index is 5.89. The van der Waals surface area contributed by atoms with Crippen molar-refractivity contribution in [3.05, 3.63) is 22.5 Å². The smallest absolute Gasteiger partial charge is 0.150 e. The molecule has 2 rings (SSSR count). The Morgan fingerprint density at radius 3 is 2.92 bits per heavy atom. The number of thiophene rings is 1. The second-order valence-electron chi connectivity index (χ2n) is 2.65. The number of halogens is 1. The third kappa shape index (κ3) is 1.34. The summed E-state index contributed by atoms with van der Waals surface area (Å²) in [5, 5.41) is 0.984. The molecule has 13 heavy (non-hydrogen) atoms. The third-order valence-corrected chi connectivity index (χ3v) is 3.09. The van der Waals surface area contributed by atoms with Crippen molar-refractivity contribution >= 4 is 38.7 Å². The Labute approximate surface area is 84.9 Å². The average Bonchev–Trinajstić information content (AvgIpc) is 2.45. The van der Waals surface area contributed by atoms with Gasteiger partial charge >= 0.3 is 0 Å². The standard InChI is InChI=1S/C9H8ClNOS/c1-12-9-5-4-8(10)13-7(5)3-2-6(9)11/h2-4H,11H2,1H3. The highest BCUT2D eigenvalue weighted by atomic mass is 35.5. The number of hydrogen-bond donors (Lipinski definition) is 1. The van der Waals surface area contributed by atoms with Crippen molar-refractivity contribution in [1.29, 1.82) is 0 Å². The van der Waals surface area contributed by atoms with Gasteiger partial charge in [-0.1, -0.05) is 11.6 Å². The van der Waals surface area contributed by atoms with Crippen LogP contribution in [0.1, 0.15) is 0 Å². The molecule has 0 amide bonds. The lowest BCUT2D eigenvalue weighted by Crippen LogP contribution is -1.91. The predicted octanol–water partition coefficient (Wildman–Crippen LogP) is 3.15. The first-order chi connectivity index (χ1) is 6.22. The van der Waals surface area contributed by atoms with Crippen molar-refractivity contribution < 1.29 is 4.74 Å². The largest absolute Gasteiger partial charge is 0.494 e. The number of ether oxygens (including phenoxy) is 1.